The summed E-state index contributed by atoms with van der Waals surface area (Å²) in [5.41, 5.74) is -0.327. The van der Waals surface area contributed by atoms with Crippen molar-refractivity contribution in [1.29, 1.82) is 0 Å². The van der Waals surface area contributed by atoms with Crippen LogP contribution in [0, 0.1) is 0 Å². The zero-order chi connectivity index (χ0) is 18.9. The third kappa shape index (κ3) is 3.46. The van der Waals surface area contributed by atoms with Gasteiger partial charge in [-0.25, -0.2) is 0 Å². The van der Waals surface area contributed by atoms with Crippen molar-refractivity contribution < 1.29 is 18.0 Å². The van der Waals surface area contributed by atoms with E-state index in [0.29, 0.717) is 11.1 Å². The number of fused-ring (bicyclic) bond motifs is 1. The van der Waals surface area contributed by atoms with Gasteiger partial charge in [0.05, 0.1) is 11.1 Å². The minimum Gasteiger partial charge on any atom is -0.348 e. The summed E-state index contributed by atoms with van der Waals surface area (Å²) in [7, 11) is 1.56. The summed E-state index contributed by atoms with van der Waals surface area (Å²) in [6.07, 6.45) is -4.45. The molecule has 1 aromatic heterocycles. The number of aryl methyl sites for hydroxylation is 1. The highest BCUT2D eigenvalue weighted by Crippen LogP contribution is 2.29. The van der Waals surface area contributed by atoms with Crippen LogP contribution in [0.1, 0.15) is 21.5 Å². The molecular weight excluding hydrogens is 345 g/mol. The van der Waals surface area contributed by atoms with Gasteiger partial charge >= 0.3 is 6.18 Å². The number of aromatic nitrogens is 1. The van der Waals surface area contributed by atoms with Crippen molar-refractivity contribution in [3.05, 3.63) is 81.6 Å². The van der Waals surface area contributed by atoms with Gasteiger partial charge in [-0.3, -0.25) is 9.59 Å². The van der Waals surface area contributed by atoms with E-state index in [-0.39, 0.29) is 12.1 Å². The Kier molecular flexibility index (Phi) is 4.54. The second kappa shape index (κ2) is 6.67. The van der Waals surface area contributed by atoms with Crippen LogP contribution in [0.5, 0.6) is 0 Å². The number of nitrogens with one attached hydrogen (secondary N) is 1. The fourth-order valence-electron chi connectivity index (χ4n) is 2.72. The van der Waals surface area contributed by atoms with Crippen molar-refractivity contribution in [2.75, 3.05) is 0 Å². The molecule has 1 N–H and O–H groups in total. The lowest BCUT2D eigenvalue weighted by Gasteiger charge is -2.11. The van der Waals surface area contributed by atoms with Gasteiger partial charge in [0.2, 0.25) is 0 Å². The molecule has 0 unspecified atom stereocenters. The number of pyridine rings is 1. The van der Waals surface area contributed by atoms with Crippen LogP contribution in [-0.4, -0.2) is 10.5 Å². The first-order valence-electron chi connectivity index (χ1n) is 7.80. The first-order valence-corrected chi connectivity index (χ1v) is 7.80. The van der Waals surface area contributed by atoms with Gasteiger partial charge in [-0.15, -0.1) is 0 Å². The number of halogens is 3. The van der Waals surface area contributed by atoms with Gasteiger partial charge in [0.25, 0.3) is 11.5 Å². The summed E-state index contributed by atoms with van der Waals surface area (Å²) >= 11 is 0. The molecule has 2 aromatic carbocycles. The molecule has 26 heavy (non-hydrogen) atoms. The van der Waals surface area contributed by atoms with Gasteiger partial charge in [0, 0.05) is 13.6 Å². The minimum absolute atomic E-state index is 0.0572. The lowest BCUT2D eigenvalue weighted by Crippen LogP contribution is -2.32. The Labute approximate surface area is 146 Å². The predicted molar refractivity (Wildman–Crippen MR) is 91.8 cm³/mol. The Morgan fingerprint density at radius 2 is 1.81 bits per heavy atom. The molecule has 0 bridgehead atoms. The van der Waals surface area contributed by atoms with Crippen LogP contribution in [0.2, 0.25) is 0 Å². The highest BCUT2D eigenvalue weighted by molar-refractivity contribution is 5.97. The quantitative estimate of drug-likeness (QED) is 0.777. The van der Waals surface area contributed by atoms with Crippen LogP contribution in [0.25, 0.3) is 10.9 Å². The van der Waals surface area contributed by atoms with E-state index < -0.39 is 23.2 Å². The number of hydrogen-bond acceptors (Lipinski definition) is 2. The molecule has 1 heterocycles. The summed E-state index contributed by atoms with van der Waals surface area (Å²) in [6, 6.07) is 13.3. The Bertz CT molecular complexity index is 1040. The molecule has 4 nitrogen and oxygen atoms in total. The summed E-state index contributed by atoms with van der Waals surface area (Å²) in [5, 5.41) is 3.23. The molecule has 0 fully saturated rings. The molecule has 3 aromatic rings. The number of alkyl halides is 3. The van der Waals surface area contributed by atoms with Crippen LogP contribution in [0.4, 0.5) is 13.2 Å². The van der Waals surface area contributed by atoms with Crippen LogP contribution in [0.15, 0.2) is 59.4 Å². The van der Waals surface area contributed by atoms with Crippen LogP contribution in [-0.2, 0) is 19.8 Å². The van der Waals surface area contributed by atoms with Crippen LogP contribution < -0.4 is 10.9 Å². The van der Waals surface area contributed by atoms with Gasteiger partial charge < -0.3 is 9.88 Å². The van der Waals surface area contributed by atoms with Crippen molar-refractivity contribution >= 4 is 16.8 Å². The number of amides is 1. The lowest BCUT2D eigenvalue weighted by molar-refractivity contribution is -0.137. The number of carbonyl (C=O) groups excluding carboxylic acids is 1. The summed E-state index contributed by atoms with van der Waals surface area (Å²) < 4.78 is 39.6. The van der Waals surface area contributed by atoms with Gasteiger partial charge in [0.1, 0.15) is 5.56 Å². The molecule has 0 saturated heterocycles. The zero-order valence-electron chi connectivity index (χ0n) is 13.8. The third-order valence-electron chi connectivity index (χ3n) is 4.08. The maximum absolute atomic E-state index is 12.7. The zero-order valence-corrected chi connectivity index (χ0v) is 13.8. The average molecular weight is 360 g/mol. The highest BCUT2D eigenvalue weighted by Gasteiger charge is 2.30. The number of para-hydroxylation sites is 1. The highest BCUT2D eigenvalue weighted by atomic mass is 19.4. The first-order chi connectivity index (χ1) is 12.3. The van der Waals surface area contributed by atoms with Gasteiger partial charge in [-0.1, -0.05) is 30.3 Å². The fourth-order valence-corrected chi connectivity index (χ4v) is 2.72. The molecule has 0 spiro atoms. The van der Waals surface area contributed by atoms with Crippen molar-refractivity contribution in [2.24, 2.45) is 7.05 Å². The lowest BCUT2D eigenvalue weighted by atomic mass is 10.1. The molecule has 0 radical (unpaired) electrons. The number of nitrogens with zero attached hydrogens (tertiary/aromatic N) is 1. The van der Waals surface area contributed by atoms with E-state index in [1.807, 2.05) is 0 Å². The molecule has 0 aliphatic carbocycles. The van der Waals surface area contributed by atoms with E-state index in [4.69, 9.17) is 0 Å². The number of hydrogen-bond donors (Lipinski definition) is 1. The summed E-state index contributed by atoms with van der Waals surface area (Å²) in [5.74, 6) is -0.631. The monoisotopic (exact) mass is 360 g/mol. The van der Waals surface area contributed by atoms with Gasteiger partial charge in [-0.2, -0.15) is 13.2 Å². The van der Waals surface area contributed by atoms with Crippen LogP contribution >= 0.6 is 0 Å². The normalized spacial score (nSPS) is 11.5. The van der Waals surface area contributed by atoms with E-state index >= 15 is 0 Å². The second-order valence-corrected chi connectivity index (χ2v) is 5.86. The van der Waals surface area contributed by atoms with E-state index in [9.17, 15) is 22.8 Å². The minimum atomic E-state index is -4.45. The van der Waals surface area contributed by atoms with E-state index in [1.165, 1.54) is 22.8 Å². The molecule has 134 valence electrons. The van der Waals surface area contributed by atoms with E-state index in [0.717, 1.165) is 17.5 Å². The maximum atomic E-state index is 12.7. The SMILES string of the molecule is Cn1c(=O)c(C(=O)NCc2cccc(C(F)(F)F)c2)cc2ccccc21. The molecular formula is C19H15F3N2O2. The number of carbonyl (C=O) groups is 1. The van der Waals surface area contributed by atoms with E-state index in [2.05, 4.69) is 5.32 Å². The Balaban J connectivity index is 1.84. The Morgan fingerprint density at radius 1 is 1.08 bits per heavy atom. The van der Waals surface area contributed by atoms with Crippen molar-refractivity contribution in [3.63, 3.8) is 0 Å². The smallest absolute Gasteiger partial charge is 0.348 e. The maximum Gasteiger partial charge on any atom is 0.416 e. The first kappa shape index (κ1) is 17.7. The Hall–Kier alpha value is -3.09. The second-order valence-electron chi connectivity index (χ2n) is 5.86. The van der Waals surface area contributed by atoms with Gasteiger partial charge in [-0.05, 0) is 35.2 Å². The fraction of sp³-hybridized carbons (Fsp3) is 0.158. The number of rotatable bonds is 3. The van der Waals surface area contributed by atoms with Crippen molar-refractivity contribution in [3.8, 4) is 0 Å². The molecule has 0 aliphatic heterocycles. The van der Waals surface area contributed by atoms with Crippen molar-refractivity contribution in [2.45, 2.75) is 12.7 Å². The molecule has 1 amide bonds. The van der Waals surface area contributed by atoms with Crippen molar-refractivity contribution in [1.82, 2.24) is 9.88 Å². The third-order valence-corrected chi connectivity index (χ3v) is 4.08. The topological polar surface area (TPSA) is 51.1 Å². The summed E-state index contributed by atoms with van der Waals surface area (Å²) in [6.45, 7) is -0.112. The molecule has 0 aliphatic rings. The predicted octanol–water partition coefficient (Wildman–Crippen LogP) is 3.49. The molecule has 3 rings (SSSR count). The molecule has 0 saturated carbocycles. The number of benzene rings is 2. The van der Waals surface area contributed by atoms with E-state index in [1.54, 1.807) is 31.3 Å². The molecule has 0 atom stereocenters. The summed E-state index contributed by atoms with van der Waals surface area (Å²) in [4.78, 5) is 24.7. The molecule has 7 heteroatoms. The van der Waals surface area contributed by atoms with Crippen LogP contribution in [0.3, 0.4) is 0 Å². The largest absolute Gasteiger partial charge is 0.416 e. The average Bonchev–Trinajstić information content (AvgIpc) is 2.62. The standard InChI is InChI=1S/C19H15F3N2O2/c1-24-16-8-3-2-6-13(16)10-15(18(24)26)17(25)23-11-12-5-4-7-14(9-12)19(20,21)22/h2-10H,11H2,1H3,(H,23,25). The Morgan fingerprint density at radius 3 is 2.54 bits per heavy atom. The van der Waals surface area contributed by atoms with Gasteiger partial charge in [0.15, 0.2) is 0 Å².